The predicted molar refractivity (Wildman–Crippen MR) is 58.1 cm³/mol. The number of esters is 1. The lowest BCUT2D eigenvalue weighted by atomic mass is 10.2. The van der Waals surface area contributed by atoms with Gasteiger partial charge in [-0.25, -0.2) is 19.6 Å². The van der Waals surface area contributed by atoms with Crippen molar-refractivity contribution in [3.8, 4) is 0 Å². The molecular formula is C10H13N3O4. The Bertz CT molecular complexity index is 422. The Kier molecular flexibility index (Phi) is 3.62. The standard InChI is InChI=1S/C10H13N3O4/c1-10(2,3)17-9(15)16-7(14)6-4-12-8(11)13-5-6/h4-5H,1-3H3,(H2,11,12,13). The normalized spacial score (nSPS) is 10.8. The summed E-state index contributed by atoms with van der Waals surface area (Å²) in [6.45, 7) is 4.97. The number of carbonyl (C=O) groups excluding carboxylic acids is 2. The van der Waals surface area contributed by atoms with E-state index in [1.165, 1.54) is 0 Å². The molecule has 0 aliphatic carbocycles. The topological polar surface area (TPSA) is 104 Å². The zero-order valence-electron chi connectivity index (χ0n) is 9.76. The van der Waals surface area contributed by atoms with Gasteiger partial charge in [0.2, 0.25) is 5.95 Å². The molecule has 0 aromatic carbocycles. The molecule has 0 spiro atoms. The van der Waals surface area contributed by atoms with Crippen molar-refractivity contribution in [3.63, 3.8) is 0 Å². The number of nitrogens with two attached hydrogens (primary N) is 1. The van der Waals surface area contributed by atoms with Gasteiger partial charge in [0.05, 0.1) is 5.56 Å². The first kappa shape index (κ1) is 12.9. The Morgan fingerprint density at radius 2 is 1.76 bits per heavy atom. The molecule has 0 fully saturated rings. The number of carbonyl (C=O) groups is 2. The van der Waals surface area contributed by atoms with Crippen molar-refractivity contribution in [2.75, 3.05) is 5.73 Å². The van der Waals surface area contributed by atoms with Crippen molar-refractivity contribution in [2.24, 2.45) is 0 Å². The quantitative estimate of drug-likeness (QED) is 0.578. The smallest absolute Gasteiger partial charge is 0.428 e. The van der Waals surface area contributed by atoms with Crippen LogP contribution in [0.2, 0.25) is 0 Å². The number of hydrogen-bond donors (Lipinski definition) is 1. The van der Waals surface area contributed by atoms with Crippen LogP contribution >= 0.6 is 0 Å². The summed E-state index contributed by atoms with van der Waals surface area (Å²) in [5.74, 6) is -0.863. The molecule has 0 radical (unpaired) electrons. The van der Waals surface area contributed by atoms with E-state index in [9.17, 15) is 9.59 Å². The van der Waals surface area contributed by atoms with E-state index >= 15 is 0 Å². The zero-order valence-corrected chi connectivity index (χ0v) is 9.76. The molecule has 7 heteroatoms. The van der Waals surface area contributed by atoms with Gasteiger partial charge in [-0.2, -0.15) is 0 Å². The molecule has 0 aliphatic rings. The van der Waals surface area contributed by atoms with Crippen LogP contribution in [0.5, 0.6) is 0 Å². The molecular weight excluding hydrogens is 226 g/mol. The number of nitrogen functional groups attached to an aromatic ring is 1. The first-order valence-corrected chi connectivity index (χ1v) is 4.80. The lowest BCUT2D eigenvalue weighted by Gasteiger charge is -2.17. The van der Waals surface area contributed by atoms with Crippen molar-refractivity contribution in [1.29, 1.82) is 0 Å². The summed E-state index contributed by atoms with van der Waals surface area (Å²) in [6.07, 6.45) is 1.25. The van der Waals surface area contributed by atoms with Gasteiger partial charge in [0.25, 0.3) is 0 Å². The van der Waals surface area contributed by atoms with E-state index in [0.717, 1.165) is 12.4 Å². The van der Waals surface area contributed by atoms with Gasteiger partial charge >= 0.3 is 12.1 Å². The van der Waals surface area contributed by atoms with E-state index in [1.807, 2.05) is 0 Å². The summed E-state index contributed by atoms with van der Waals surface area (Å²) in [5, 5.41) is 0. The van der Waals surface area contributed by atoms with Gasteiger partial charge in [0.15, 0.2) is 0 Å². The minimum atomic E-state index is -1.07. The van der Waals surface area contributed by atoms with E-state index in [2.05, 4.69) is 14.7 Å². The average molecular weight is 239 g/mol. The second-order valence-electron chi connectivity index (χ2n) is 4.18. The summed E-state index contributed by atoms with van der Waals surface area (Å²) in [4.78, 5) is 29.8. The molecule has 92 valence electrons. The van der Waals surface area contributed by atoms with Crippen LogP contribution in [0, 0.1) is 0 Å². The van der Waals surface area contributed by atoms with Gasteiger partial charge in [0.1, 0.15) is 5.60 Å². The predicted octanol–water partition coefficient (Wildman–Crippen LogP) is 1.15. The number of aromatic nitrogens is 2. The Balaban J connectivity index is 2.61. The lowest BCUT2D eigenvalue weighted by molar-refractivity contribution is -0.00157. The van der Waals surface area contributed by atoms with E-state index < -0.39 is 17.7 Å². The summed E-state index contributed by atoms with van der Waals surface area (Å²) < 4.78 is 9.24. The van der Waals surface area contributed by atoms with E-state index in [0.29, 0.717) is 0 Å². The Hall–Kier alpha value is -2.18. The van der Waals surface area contributed by atoms with Crippen LogP contribution in [0.4, 0.5) is 10.7 Å². The molecule has 17 heavy (non-hydrogen) atoms. The van der Waals surface area contributed by atoms with Crippen molar-refractivity contribution >= 4 is 18.1 Å². The summed E-state index contributed by atoms with van der Waals surface area (Å²) in [6, 6.07) is 0. The Morgan fingerprint density at radius 1 is 1.24 bits per heavy atom. The maximum absolute atomic E-state index is 11.4. The van der Waals surface area contributed by atoms with E-state index in [4.69, 9.17) is 10.5 Å². The van der Waals surface area contributed by atoms with E-state index in [1.54, 1.807) is 20.8 Å². The molecule has 7 nitrogen and oxygen atoms in total. The Morgan fingerprint density at radius 3 is 2.24 bits per heavy atom. The van der Waals surface area contributed by atoms with Crippen molar-refractivity contribution in [2.45, 2.75) is 26.4 Å². The molecule has 0 aliphatic heterocycles. The van der Waals surface area contributed by atoms with Crippen LogP contribution < -0.4 is 5.73 Å². The summed E-state index contributed by atoms with van der Waals surface area (Å²) in [7, 11) is 0. The molecule has 2 N–H and O–H groups in total. The first-order valence-electron chi connectivity index (χ1n) is 4.80. The highest BCUT2D eigenvalue weighted by Crippen LogP contribution is 2.09. The molecule has 0 saturated heterocycles. The molecule has 1 aromatic rings. The van der Waals surface area contributed by atoms with Gasteiger partial charge in [-0.05, 0) is 20.8 Å². The lowest BCUT2D eigenvalue weighted by Crippen LogP contribution is -2.26. The molecule has 0 saturated carbocycles. The minimum Gasteiger partial charge on any atom is -0.428 e. The van der Waals surface area contributed by atoms with Crippen LogP contribution in [-0.2, 0) is 9.47 Å². The van der Waals surface area contributed by atoms with Gasteiger partial charge in [-0.15, -0.1) is 0 Å². The second-order valence-corrected chi connectivity index (χ2v) is 4.18. The molecule has 0 unspecified atom stereocenters. The molecule has 0 atom stereocenters. The first-order chi connectivity index (χ1) is 7.78. The largest absolute Gasteiger partial charge is 0.516 e. The van der Waals surface area contributed by atoms with Crippen LogP contribution in [0.1, 0.15) is 31.1 Å². The van der Waals surface area contributed by atoms with Gasteiger partial charge in [-0.3, -0.25) is 0 Å². The molecule has 0 amide bonds. The zero-order chi connectivity index (χ0) is 13.1. The highest BCUT2D eigenvalue weighted by Gasteiger charge is 2.21. The number of hydrogen-bond acceptors (Lipinski definition) is 7. The van der Waals surface area contributed by atoms with Gasteiger partial charge in [-0.1, -0.05) is 0 Å². The number of anilines is 1. The fourth-order valence-electron chi connectivity index (χ4n) is 0.849. The third-order valence-electron chi connectivity index (χ3n) is 1.47. The van der Waals surface area contributed by atoms with Crippen LogP contribution in [0.3, 0.4) is 0 Å². The van der Waals surface area contributed by atoms with Crippen molar-refractivity contribution < 1.29 is 19.1 Å². The monoisotopic (exact) mass is 239 g/mol. The SMILES string of the molecule is CC(C)(C)OC(=O)OC(=O)c1cnc(N)nc1. The van der Waals surface area contributed by atoms with Crippen LogP contribution in [0.15, 0.2) is 12.4 Å². The minimum absolute atomic E-state index is 0.0186. The van der Waals surface area contributed by atoms with Crippen LogP contribution in [-0.4, -0.2) is 27.7 Å². The average Bonchev–Trinajstić information content (AvgIpc) is 2.15. The Labute approximate surface area is 98.0 Å². The van der Waals surface area contributed by atoms with Gasteiger partial charge < -0.3 is 15.2 Å². The molecule has 1 rings (SSSR count). The third kappa shape index (κ3) is 4.45. The summed E-state index contributed by atoms with van der Waals surface area (Å²) >= 11 is 0. The number of ether oxygens (including phenoxy) is 2. The van der Waals surface area contributed by atoms with Crippen LogP contribution in [0.25, 0.3) is 0 Å². The maximum Gasteiger partial charge on any atom is 0.516 e. The fourth-order valence-corrected chi connectivity index (χ4v) is 0.849. The molecule has 0 bridgehead atoms. The third-order valence-corrected chi connectivity index (χ3v) is 1.47. The van der Waals surface area contributed by atoms with Crippen molar-refractivity contribution in [1.82, 2.24) is 9.97 Å². The summed E-state index contributed by atoms with van der Waals surface area (Å²) in [5.41, 5.74) is 4.54. The highest BCUT2D eigenvalue weighted by atomic mass is 16.7. The van der Waals surface area contributed by atoms with Gasteiger partial charge in [0, 0.05) is 12.4 Å². The number of nitrogens with zero attached hydrogens (tertiary/aromatic N) is 2. The second kappa shape index (κ2) is 4.77. The van der Waals surface area contributed by atoms with E-state index in [-0.39, 0.29) is 11.5 Å². The molecule has 1 heterocycles. The molecule has 1 aromatic heterocycles. The number of rotatable bonds is 1. The van der Waals surface area contributed by atoms with Crippen molar-refractivity contribution in [3.05, 3.63) is 18.0 Å². The maximum atomic E-state index is 11.4. The highest BCUT2D eigenvalue weighted by molar-refractivity contribution is 5.94. The fraction of sp³-hybridized carbons (Fsp3) is 0.400.